The van der Waals surface area contributed by atoms with Gasteiger partial charge in [-0.2, -0.15) is 0 Å². The van der Waals surface area contributed by atoms with Crippen LogP contribution in [0.1, 0.15) is 39.0 Å². The van der Waals surface area contributed by atoms with Crippen LogP contribution in [0.15, 0.2) is 23.1 Å². The lowest BCUT2D eigenvalue weighted by Crippen LogP contribution is -2.35. The number of carbonyl (C=O) groups excluding carboxylic acids is 1. The fourth-order valence-electron chi connectivity index (χ4n) is 2.58. The molecule has 0 spiro atoms. The number of carbonyl (C=O) groups is 1. The average molecular weight is 334 g/mol. The van der Waals surface area contributed by atoms with E-state index in [9.17, 15) is 17.6 Å². The van der Waals surface area contributed by atoms with Crippen molar-refractivity contribution in [2.24, 2.45) is 5.41 Å². The van der Waals surface area contributed by atoms with Crippen LogP contribution < -0.4 is 5.32 Å². The van der Waals surface area contributed by atoms with Gasteiger partial charge in [0.15, 0.2) is 0 Å². The minimum Gasteiger partial charge on any atom is -0.323 e. The Balaban J connectivity index is 2.18. The number of nitrogens with one attached hydrogen (secondary N) is 1. The molecule has 0 aliphatic heterocycles. The molecule has 0 unspecified atom stereocenters. The fraction of sp³-hybridized carbons (Fsp3) is 0.500. The maximum absolute atomic E-state index is 13.9. The normalized spacial score (nSPS) is 18.2. The summed E-state index contributed by atoms with van der Waals surface area (Å²) in [7, 11) is 1.17. The molecule has 1 saturated carbocycles. The molecule has 116 valence electrons. The molecule has 1 aliphatic rings. The highest BCUT2D eigenvalue weighted by atomic mass is 35.7. The van der Waals surface area contributed by atoms with Gasteiger partial charge >= 0.3 is 0 Å². The summed E-state index contributed by atoms with van der Waals surface area (Å²) in [5, 5.41) is 2.55. The molecule has 0 radical (unpaired) electrons. The van der Waals surface area contributed by atoms with Crippen LogP contribution in [0, 0.1) is 11.2 Å². The zero-order chi connectivity index (χ0) is 15.7. The second kappa shape index (κ2) is 5.93. The Kier molecular flexibility index (Phi) is 4.58. The van der Waals surface area contributed by atoms with E-state index in [1.54, 1.807) is 0 Å². The molecule has 0 atom stereocenters. The molecule has 0 aromatic heterocycles. The van der Waals surface area contributed by atoms with Crippen LogP contribution in [-0.4, -0.2) is 14.3 Å². The summed E-state index contributed by atoms with van der Waals surface area (Å²) < 4.78 is 36.2. The van der Waals surface area contributed by atoms with Gasteiger partial charge in [0.1, 0.15) is 5.82 Å². The van der Waals surface area contributed by atoms with Gasteiger partial charge in [-0.25, -0.2) is 12.8 Å². The lowest BCUT2D eigenvalue weighted by atomic mass is 9.75. The third kappa shape index (κ3) is 3.74. The monoisotopic (exact) mass is 333 g/mol. The molecule has 21 heavy (non-hydrogen) atoms. The van der Waals surface area contributed by atoms with Crippen molar-refractivity contribution in [1.82, 2.24) is 0 Å². The Hall–Kier alpha value is -1.14. The van der Waals surface area contributed by atoms with Gasteiger partial charge in [-0.15, -0.1) is 0 Å². The van der Waals surface area contributed by atoms with Gasteiger partial charge in [-0.3, -0.25) is 4.79 Å². The molecule has 1 amide bonds. The van der Waals surface area contributed by atoms with Crippen molar-refractivity contribution in [1.29, 1.82) is 0 Å². The summed E-state index contributed by atoms with van der Waals surface area (Å²) >= 11 is 0. The smallest absolute Gasteiger partial charge is 0.261 e. The Morgan fingerprint density at radius 3 is 2.43 bits per heavy atom. The molecule has 1 fully saturated rings. The van der Waals surface area contributed by atoms with E-state index in [1.165, 1.54) is 12.1 Å². The lowest BCUT2D eigenvalue weighted by molar-refractivity contribution is -0.126. The Morgan fingerprint density at radius 2 is 1.90 bits per heavy atom. The summed E-state index contributed by atoms with van der Waals surface area (Å²) in [4.78, 5) is 12.0. The number of hydrogen-bond donors (Lipinski definition) is 1. The second-order valence-corrected chi connectivity index (χ2v) is 8.22. The molecule has 1 aromatic carbocycles. The van der Waals surface area contributed by atoms with Gasteiger partial charge in [0.05, 0.1) is 10.6 Å². The maximum Gasteiger partial charge on any atom is 0.261 e. The van der Waals surface area contributed by atoms with Crippen molar-refractivity contribution in [2.45, 2.75) is 43.9 Å². The van der Waals surface area contributed by atoms with Gasteiger partial charge < -0.3 is 5.32 Å². The van der Waals surface area contributed by atoms with Crippen LogP contribution in [0.3, 0.4) is 0 Å². The van der Waals surface area contributed by atoms with Crippen LogP contribution in [0.5, 0.6) is 0 Å². The molecule has 1 aliphatic carbocycles. The van der Waals surface area contributed by atoms with Gasteiger partial charge in [0.25, 0.3) is 9.05 Å². The van der Waals surface area contributed by atoms with E-state index in [0.29, 0.717) is 0 Å². The summed E-state index contributed by atoms with van der Waals surface area (Å²) in [6.45, 7) is 1.87. The molecule has 4 nitrogen and oxygen atoms in total. The number of anilines is 1. The zero-order valence-corrected chi connectivity index (χ0v) is 13.2. The van der Waals surface area contributed by atoms with Crippen molar-refractivity contribution in [3.05, 3.63) is 24.0 Å². The number of amides is 1. The molecule has 1 aromatic rings. The predicted molar refractivity (Wildman–Crippen MR) is 79.3 cm³/mol. The van der Waals surface area contributed by atoms with Crippen molar-refractivity contribution < 1.29 is 17.6 Å². The Labute approximate surface area is 128 Å². The van der Waals surface area contributed by atoms with Gasteiger partial charge in [-0.05, 0) is 31.0 Å². The second-order valence-electron chi connectivity index (χ2n) is 5.65. The first kappa shape index (κ1) is 16.2. The highest BCUT2D eigenvalue weighted by molar-refractivity contribution is 8.13. The largest absolute Gasteiger partial charge is 0.323 e. The van der Waals surface area contributed by atoms with Crippen LogP contribution >= 0.6 is 10.7 Å². The molecule has 0 heterocycles. The quantitative estimate of drug-likeness (QED) is 0.858. The van der Waals surface area contributed by atoms with E-state index >= 15 is 0 Å². The van der Waals surface area contributed by atoms with E-state index in [2.05, 4.69) is 5.32 Å². The Bertz CT molecular complexity index is 654. The maximum atomic E-state index is 13.9. The topological polar surface area (TPSA) is 63.2 Å². The minimum absolute atomic E-state index is 0.0316. The standard InChI is InChI=1S/C14H17ClFNO3S/c1-14(7-3-2-4-8-14)13(18)17-12-6-5-10(9-11(12)16)21(15,19)20/h5-6,9H,2-4,7-8H2,1H3,(H,17,18). The molecular formula is C14H17ClFNO3S. The van der Waals surface area contributed by atoms with E-state index in [-0.39, 0.29) is 16.5 Å². The van der Waals surface area contributed by atoms with Gasteiger partial charge in [-0.1, -0.05) is 26.2 Å². The predicted octanol–water partition coefficient (Wildman–Crippen LogP) is 3.66. The molecule has 0 saturated heterocycles. The van der Waals surface area contributed by atoms with Crippen LogP contribution in [0.2, 0.25) is 0 Å². The lowest BCUT2D eigenvalue weighted by Gasteiger charge is -2.32. The van der Waals surface area contributed by atoms with Gasteiger partial charge in [0, 0.05) is 16.1 Å². The van der Waals surface area contributed by atoms with Crippen molar-refractivity contribution in [2.75, 3.05) is 5.32 Å². The van der Waals surface area contributed by atoms with Gasteiger partial charge in [0.2, 0.25) is 5.91 Å². The van der Waals surface area contributed by atoms with Crippen LogP contribution in [0.25, 0.3) is 0 Å². The number of benzene rings is 1. The minimum atomic E-state index is -3.98. The zero-order valence-electron chi connectivity index (χ0n) is 11.7. The molecule has 1 N–H and O–H groups in total. The number of halogens is 2. The number of rotatable bonds is 3. The van der Waals surface area contributed by atoms with Crippen molar-refractivity contribution in [3.8, 4) is 0 Å². The third-order valence-corrected chi connectivity index (χ3v) is 5.33. The SMILES string of the molecule is CC1(C(=O)Nc2ccc(S(=O)(=O)Cl)cc2F)CCCCC1. The van der Waals surface area contributed by atoms with E-state index in [4.69, 9.17) is 10.7 Å². The number of hydrogen-bond acceptors (Lipinski definition) is 3. The first-order valence-electron chi connectivity index (χ1n) is 6.78. The summed E-state index contributed by atoms with van der Waals surface area (Å²) in [6.07, 6.45) is 4.62. The van der Waals surface area contributed by atoms with E-state index < -0.39 is 20.3 Å². The summed E-state index contributed by atoms with van der Waals surface area (Å²) in [5.41, 5.74) is -0.530. The molecule has 2 rings (SSSR count). The highest BCUT2D eigenvalue weighted by Gasteiger charge is 2.34. The first-order valence-corrected chi connectivity index (χ1v) is 9.09. The molecule has 0 bridgehead atoms. The van der Waals surface area contributed by atoms with Crippen LogP contribution in [-0.2, 0) is 13.8 Å². The molecular weight excluding hydrogens is 317 g/mol. The fourth-order valence-corrected chi connectivity index (χ4v) is 3.34. The average Bonchev–Trinajstić information content (AvgIpc) is 2.40. The van der Waals surface area contributed by atoms with E-state index in [0.717, 1.165) is 38.2 Å². The van der Waals surface area contributed by atoms with Crippen molar-refractivity contribution >= 4 is 31.3 Å². The molecule has 7 heteroatoms. The first-order chi connectivity index (χ1) is 9.72. The van der Waals surface area contributed by atoms with Crippen LogP contribution in [0.4, 0.5) is 10.1 Å². The van der Waals surface area contributed by atoms with E-state index in [1.807, 2.05) is 6.92 Å². The summed E-state index contributed by atoms with van der Waals surface area (Å²) in [5.74, 6) is -1.05. The Morgan fingerprint density at radius 1 is 1.29 bits per heavy atom. The van der Waals surface area contributed by atoms with Crippen molar-refractivity contribution in [3.63, 3.8) is 0 Å². The third-order valence-electron chi connectivity index (χ3n) is 3.98. The summed E-state index contributed by atoms with van der Waals surface area (Å²) in [6, 6.07) is 3.19. The highest BCUT2D eigenvalue weighted by Crippen LogP contribution is 2.37.